The van der Waals surface area contributed by atoms with Crippen LogP contribution in [0.5, 0.6) is 0 Å². The molecular formula is C14H13Br. The van der Waals surface area contributed by atoms with E-state index in [1.807, 2.05) is 0 Å². The van der Waals surface area contributed by atoms with Gasteiger partial charge in [-0.3, -0.25) is 0 Å². The van der Waals surface area contributed by atoms with Crippen molar-refractivity contribution in [1.29, 1.82) is 0 Å². The molecule has 15 heavy (non-hydrogen) atoms. The molecule has 0 heterocycles. The maximum absolute atomic E-state index is 3.52. The molecule has 0 saturated carbocycles. The van der Waals surface area contributed by atoms with Gasteiger partial charge in [0.15, 0.2) is 0 Å². The maximum atomic E-state index is 3.52. The second kappa shape index (κ2) is 4.19. The molecule has 0 aliphatic rings. The first-order valence-electron chi connectivity index (χ1n) is 5.00. The lowest BCUT2D eigenvalue weighted by Crippen LogP contribution is -1.84. The van der Waals surface area contributed by atoms with E-state index in [1.54, 1.807) is 0 Å². The van der Waals surface area contributed by atoms with Gasteiger partial charge in [-0.1, -0.05) is 52.3 Å². The molecule has 0 radical (unpaired) electrons. The Balaban J connectivity index is 2.55. The van der Waals surface area contributed by atoms with Gasteiger partial charge in [-0.25, -0.2) is 0 Å². The van der Waals surface area contributed by atoms with Crippen molar-refractivity contribution in [3.63, 3.8) is 0 Å². The molecule has 2 rings (SSSR count). The zero-order valence-corrected chi connectivity index (χ0v) is 10.5. The van der Waals surface area contributed by atoms with Crippen molar-refractivity contribution in [2.75, 3.05) is 0 Å². The third kappa shape index (κ3) is 2.13. The maximum Gasteiger partial charge on any atom is 0.0204 e. The van der Waals surface area contributed by atoms with Gasteiger partial charge in [0.1, 0.15) is 0 Å². The molecule has 2 aromatic carbocycles. The van der Waals surface area contributed by atoms with E-state index in [0.29, 0.717) is 0 Å². The van der Waals surface area contributed by atoms with Gasteiger partial charge >= 0.3 is 0 Å². The Morgan fingerprint density at radius 2 is 1.60 bits per heavy atom. The van der Waals surface area contributed by atoms with Crippen molar-refractivity contribution >= 4 is 15.9 Å². The van der Waals surface area contributed by atoms with Crippen LogP contribution in [0.25, 0.3) is 11.1 Å². The molecule has 0 fully saturated rings. The lowest BCUT2D eigenvalue weighted by molar-refractivity contribution is 1.40. The Morgan fingerprint density at radius 1 is 0.867 bits per heavy atom. The fourth-order valence-electron chi connectivity index (χ4n) is 1.71. The Labute approximate surface area is 99.1 Å². The highest BCUT2D eigenvalue weighted by atomic mass is 79.9. The van der Waals surface area contributed by atoms with Crippen LogP contribution in [0, 0.1) is 13.8 Å². The summed E-state index contributed by atoms with van der Waals surface area (Å²) in [5.41, 5.74) is 5.19. The Morgan fingerprint density at radius 3 is 2.27 bits per heavy atom. The lowest BCUT2D eigenvalue weighted by atomic mass is 9.99. The zero-order chi connectivity index (χ0) is 10.8. The number of benzene rings is 2. The highest BCUT2D eigenvalue weighted by molar-refractivity contribution is 9.10. The molecule has 1 heteroatoms. The van der Waals surface area contributed by atoms with Gasteiger partial charge in [-0.15, -0.1) is 0 Å². The first kappa shape index (κ1) is 10.4. The summed E-state index contributed by atoms with van der Waals surface area (Å²) in [5, 5.41) is 0. The zero-order valence-electron chi connectivity index (χ0n) is 8.92. The molecule has 0 aliphatic carbocycles. The predicted molar refractivity (Wildman–Crippen MR) is 69.1 cm³/mol. The normalized spacial score (nSPS) is 10.3. The van der Waals surface area contributed by atoms with E-state index in [-0.39, 0.29) is 0 Å². The summed E-state index contributed by atoms with van der Waals surface area (Å²) in [4.78, 5) is 0. The van der Waals surface area contributed by atoms with Crippen LogP contribution in [0.3, 0.4) is 0 Å². The fourth-order valence-corrected chi connectivity index (χ4v) is 1.96. The van der Waals surface area contributed by atoms with Crippen molar-refractivity contribution in [2.45, 2.75) is 13.8 Å². The molecule has 76 valence electrons. The van der Waals surface area contributed by atoms with Crippen molar-refractivity contribution in [3.8, 4) is 11.1 Å². The molecule has 0 amide bonds. The Bertz CT molecular complexity index is 486. The minimum atomic E-state index is 1.17. The van der Waals surface area contributed by atoms with E-state index in [9.17, 15) is 0 Å². The summed E-state index contributed by atoms with van der Waals surface area (Å²) in [6, 6.07) is 14.9. The smallest absolute Gasteiger partial charge is 0.0204 e. The van der Waals surface area contributed by atoms with Crippen LogP contribution >= 0.6 is 15.9 Å². The average molecular weight is 261 g/mol. The molecule has 0 bridgehead atoms. The highest BCUT2D eigenvalue weighted by Crippen LogP contribution is 2.27. The molecule has 0 atom stereocenters. The highest BCUT2D eigenvalue weighted by Gasteiger charge is 2.02. The molecular weight excluding hydrogens is 248 g/mol. The molecule has 0 saturated heterocycles. The molecule has 0 spiro atoms. The first-order chi connectivity index (χ1) is 7.18. The second-order valence-corrected chi connectivity index (χ2v) is 4.63. The van der Waals surface area contributed by atoms with Crippen LogP contribution in [-0.4, -0.2) is 0 Å². The topological polar surface area (TPSA) is 0 Å². The van der Waals surface area contributed by atoms with E-state index in [4.69, 9.17) is 0 Å². The van der Waals surface area contributed by atoms with Gasteiger partial charge in [0, 0.05) is 4.47 Å². The third-order valence-corrected chi connectivity index (χ3v) is 3.50. The van der Waals surface area contributed by atoms with E-state index < -0.39 is 0 Å². The fraction of sp³-hybridized carbons (Fsp3) is 0.143. The quantitative estimate of drug-likeness (QED) is 0.696. The molecule has 0 aromatic heterocycles. The minimum absolute atomic E-state index is 1.17. The predicted octanol–water partition coefficient (Wildman–Crippen LogP) is 4.73. The molecule has 0 nitrogen and oxygen atoms in total. The number of halogens is 1. The van der Waals surface area contributed by atoms with Crippen LogP contribution in [0.4, 0.5) is 0 Å². The van der Waals surface area contributed by atoms with E-state index in [0.717, 1.165) is 0 Å². The van der Waals surface area contributed by atoms with Crippen molar-refractivity contribution < 1.29 is 0 Å². The van der Waals surface area contributed by atoms with Crippen molar-refractivity contribution in [2.24, 2.45) is 0 Å². The van der Waals surface area contributed by atoms with Gasteiger partial charge < -0.3 is 0 Å². The number of hydrogen-bond donors (Lipinski definition) is 0. The molecule has 0 aliphatic heterocycles. The van der Waals surface area contributed by atoms with Gasteiger partial charge in [-0.2, -0.15) is 0 Å². The van der Waals surface area contributed by atoms with Gasteiger partial charge in [0.05, 0.1) is 0 Å². The van der Waals surface area contributed by atoms with Crippen molar-refractivity contribution in [3.05, 3.63) is 58.1 Å². The number of hydrogen-bond acceptors (Lipinski definition) is 0. The van der Waals surface area contributed by atoms with Gasteiger partial charge in [0.2, 0.25) is 0 Å². The van der Waals surface area contributed by atoms with Gasteiger partial charge in [-0.05, 0) is 42.2 Å². The molecule has 0 unspecified atom stereocenters. The van der Waals surface area contributed by atoms with E-state index >= 15 is 0 Å². The van der Waals surface area contributed by atoms with Crippen LogP contribution < -0.4 is 0 Å². The summed E-state index contributed by atoms with van der Waals surface area (Å²) in [7, 11) is 0. The average Bonchev–Trinajstić information content (AvgIpc) is 2.23. The summed E-state index contributed by atoms with van der Waals surface area (Å²) in [6.45, 7) is 4.26. The summed E-state index contributed by atoms with van der Waals surface area (Å²) in [6.07, 6.45) is 0. The Hall–Kier alpha value is -1.08. The minimum Gasteiger partial charge on any atom is -0.0620 e. The summed E-state index contributed by atoms with van der Waals surface area (Å²) in [5.74, 6) is 0. The summed E-state index contributed by atoms with van der Waals surface area (Å²) < 4.78 is 1.17. The van der Waals surface area contributed by atoms with E-state index in [2.05, 4.69) is 72.2 Å². The largest absolute Gasteiger partial charge is 0.0620 e. The summed E-state index contributed by atoms with van der Waals surface area (Å²) >= 11 is 3.52. The van der Waals surface area contributed by atoms with Crippen LogP contribution in [0.2, 0.25) is 0 Å². The van der Waals surface area contributed by atoms with Crippen LogP contribution in [0.15, 0.2) is 46.9 Å². The third-order valence-electron chi connectivity index (χ3n) is 2.61. The van der Waals surface area contributed by atoms with Crippen LogP contribution in [0.1, 0.15) is 11.1 Å². The number of rotatable bonds is 1. The second-order valence-electron chi connectivity index (χ2n) is 3.78. The molecule has 2 aromatic rings. The Kier molecular flexibility index (Phi) is 2.92. The van der Waals surface area contributed by atoms with E-state index in [1.165, 1.54) is 26.7 Å². The molecule has 0 N–H and O–H groups in total. The van der Waals surface area contributed by atoms with Gasteiger partial charge in [0.25, 0.3) is 0 Å². The van der Waals surface area contributed by atoms with Crippen molar-refractivity contribution in [1.82, 2.24) is 0 Å². The standard InChI is InChI=1S/C14H13Br/c1-10-5-3-4-6-13(10)12-7-8-14(15)11(2)9-12/h3-9H,1-2H3. The monoisotopic (exact) mass is 260 g/mol. The SMILES string of the molecule is Cc1cc(-c2ccccc2C)ccc1Br. The van der Waals surface area contributed by atoms with Crippen LogP contribution in [-0.2, 0) is 0 Å². The number of aryl methyl sites for hydroxylation is 2. The first-order valence-corrected chi connectivity index (χ1v) is 5.80. The lowest BCUT2D eigenvalue weighted by Gasteiger charge is -2.07.